The van der Waals surface area contributed by atoms with Gasteiger partial charge in [-0.2, -0.15) is 0 Å². The second-order valence-electron chi connectivity index (χ2n) is 3.56. The smallest absolute Gasteiger partial charge is 0.240 e. The van der Waals surface area contributed by atoms with Crippen molar-refractivity contribution in [1.29, 1.82) is 0 Å². The summed E-state index contributed by atoms with van der Waals surface area (Å²) in [6, 6.07) is 5.24. The van der Waals surface area contributed by atoms with Crippen LogP contribution in [0.2, 0.25) is 5.02 Å². The number of benzene rings is 1. The van der Waals surface area contributed by atoms with Crippen molar-refractivity contribution in [3.63, 3.8) is 0 Å². The van der Waals surface area contributed by atoms with E-state index in [2.05, 4.69) is 37.2 Å². The second-order valence-corrected chi connectivity index (χ2v) is 6.80. The lowest BCUT2D eigenvalue weighted by atomic mass is 10.2. The summed E-state index contributed by atoms with van der Waals surface area (Å²) in [4.78, 5) is 11.6. The summed E-state index contributed by atoms with van der Waals surface area (Å²) in [6.07, 6.45) is 0. The molecule has 0 radical (unpaired) electrons. The Morgan fingerprint density at radius 1 is 1.47 bits per heavy atom. The molecular formula is C10H10Br2ClNO. The van der Waals surface area contributed by atoms with Gasteiger partial charge in [-0.15, -0.1) is 0 Å². The Labute approximate surface area is 111 Å². The van der Waals surface area contributed by atoms with Gasteiger partial charge in [-0.25, -0.2) is 0 Å². The Kier molecular flexibility index (Phi) is 4.20. The maximum atomic E-state index is 11.6. The Hall–Kier alpha value is -0.0600. The molecule has 1 N–H and O–H groups in total. The summed E-state index contributed by atoms with van der Waals surface area (Å²) < 4.78 is 0.174. The van der Waals surface area contributed by atoms with Crippen molar-refractivity contribution in [2.75, 3.05) is 5.32 Å². The van der Waals surface area contributed by atoms with E-state index in [1.807, 2.05) is 0 Å². The molecule has 0 unspecified atom stereocenters. The maximum absolute atomic E-state index is 11.6. The first kappa shape index (κ1) is 13.0. The molecule has 0 aliphatic heterocycles. The number of carbonyl (C=O) groups excluding carboxylic acids is 1. The first-order valence-corrected chi connectivity index (χ1v) is 6.22. The maximum Gasteiger partial charge on any atom is 0.240 e. The highest BCUT2D eigenvalue weighted by Gasteiger charge is 2.23. The largest absolute Gasteiger partial charge is 0.325 e. The predicted octanol–water partition coefficient (Wildman–Crippen LogP) is 4.21. The van der Waals surface area contributed by atoms with E-state index in [1.165, 1.54) is 0 Å². The van der Waals surface area contributed by atoms with Crippen LogP contribution in [0.4, 0.5) is 5.69 Å². The molecule has 15 heavy (non-hydrogen) atoms. The third-order valence-corrected chi connectivity index (χ3v) is 3.29. The van der Waals surface area contributed by atoms with Crippen LogP contribution in [0.3, 0.4) is 0 Å². The van der Waals surface area contributed by atoms with E-state index in [0.717, 1.165) is 4.47 Å². The lowest BCUT2D eigenvalue weighted by molar-refractivity contribution is -0.117. The van der Waals surface area contributed by atoms with Crippen LogP contribution < -0.4 is 5.32 Å². The Balaban J connectivity index is 2.83. The number of alkyl halides is 1. The minimum Gasteiger partial charge on any atom is -0.325 e. The van der Waals surface area contributed by atoms with Gasteiger partial charge >= 0.3 is 0 Å². The van der Waals surface area contributed by atoms with Crippen molar-refractivity contribution in [1.82, 2.24) is 0 Å². The molecule has 0 heterocycles. The average Bonchev–Trinajstić information content (AvgIpc) is 2.10. The van der Waals surface area contributed by atoms with Crippen LogP contribution in [0.15, 0.2) is 22.7 Å². The van der Waals surface area contributed by atoms with E-state index in [0.29, 0.717) is 10.7 Å². The number of halogens is 3. The first-order valence-electron chi connectivity index (χ1n) is 4.26. The van der Waals surface area contributed by atoms with Gasteiger partial charge in [0.2, 0.25) is 5.91 Å². The summed E-state index contributed by atoms with van der Waals surface area (Å²) in [5, 5.41) is 3.39. The van der Waals surface area contributed by atoms with E-state index >= 15 is 0 Å². The van der Waals surface area contributed by atoms with Crippen LogP contribution in [0.25, 0.3) is 0 Å². The molecule has 82 valence electrons. The highest BCUT2D eigenvalue weighted by atomic mass is 79.9. The molecule has 0 spiro atoms. The average molecular weight is 355 g/mol. The quantitative estimate of drug-likeness (QED) is 0.791. The van der Waals surface area contributed by atoms with Crippen LogP contribution in [-0.2, 0) is 4.79 Å². The van der Waals surface area contributed by atoms with E-state index < -0.39 is 4.32 Å². The van der Waals surface area contributed by atoms with Crippen molar-refractivity contribution in [2.45, 2.75) is 18.2 Å². The monoisotopic (exact) mass is 353 g/mol. The molecule has 0 saturated carbocycles. The second kappa shape index (κ2) is 4.85. The Morgan fingerprint density at radius 3 is 2.53 bits per heavy atom. The molecule has 5 heteroatoms. The number of amides is 1. The SMILES string of the molecule is CC(C)(Br)C(=O)Nc1ccc(Cl)c(Br)c1. The Morgan fingerprint density at radius 2 is 2.07 bits per heavy atom. The van der Waals surface area contributed by atoms with Gasteiger partial charge in [-0.3, -0.25) is 4.79 Å². The third kappa shape index (κ3) is 3.78. The van der Waals surface area contributed by atoms with Crippen molar-refractivity contribution < 1.29 is 4.79 Å². The normalized spacial score (nSPS) is 11.3. The fraction of sp³-hybridized carbons (Fsp3) is 0.300. The van der Waals surface area contributed by atoms with Crippen molar-refractivity contribution >= 4 is 55.1 Å². The zero-order valence-electron chi connectivity index (χ0n) is 8.27. The van der Waals surface area contributed by atoms with E-state index in [1.54, 1.807) is 32.0 Å². The van der Waals surface area contributed by atoms with Crippen molar-refractivity contribution in [3.8, 4) is 0 Å². The van der Waals surface area contributed by atoms with Gasteiger partial charge in [0.25, 0.3) is 0 Å². The van der Waals surface area contributed by atoms with Crippen molar-refractivity contribution in [2.24, 2.45) is 0 Å². The summed E-state index contributed by atoms with van der Waals surface area (Å²) in [6.45, 7) is 3.57. The molecule has 0 aromatic heterocycles. The number of anilines is 1. The van der Waals surface area contributed by atoms with Gasteiger partial charge in [-0.1, -0.05) is 27.5 Å². The van der Waals surface area contributed by atoms with Gasteiger partial charge in [0.05, 0.1) is 9.35 Å². The molecule has 2 nitrogen and oxygen atoms in total. The lowest BCUT2D eigenvalue weighted by Gasteiger charge is -2.16. The number of hydrogen-bond acceptors (Lipinski definition) is 1. The molecule has 0 bridgehead atoms. The van der Waals surface area contributed by atoms with Crippen LogP contribution in [0, 0.1) is 0 Å². The van der Waals surface area contributed by atoms with Crippen molar-refractivity contribution in [3.05, 3.63) is 27.7 Å². The first-order chi connectivity index (χ1) is 6.80. The molecule has 1 rings (SSSR count). The van der Waals surface area contributed by atoms with Crippen LogP contribution in [0.1, 0.15) is 13.8 Å². The number of nitrogens with one attached hydrogen (secondary N) is 1. The summed E-state index contributed by atoms with van der Waals surface area (Å²) in [5.74, 6) is -0.100. The van der Waals surface area contributed by atoms with Gasteiger partial charge in [-0.05, 0) is 48.0 Å². The fourth-order valence-corrected chi connectivity index (χ4v) is 1.45. The van der Waals surface area contributed by atoms with Crippen LogP contribution in [0.5, 0.6) is 0 Å². The molecule has 0 aliphatic rings. The summed E-state index contributed by atoms with van der Waals surface area (Å²) >= 11 is 12.4. The highest BCUT2D eigenvalue weighted by molar-refractivity contribution is 9.10. The van der Waals surface area contributed by atoms with Gasteiger partial charge in [0.1, 0.15) is 0 Å². The number of carbonyl (C=O) groups is 1. The molecule has 0 saturated heterocycles. The fourth-order valence-electron chi connectivity index (χ4n) is 0.854. The van der Waals surface area contributed by atoms with Crippen LogP contribution in [-0.4, -0.2) is 10.2 Å². The van der Waals surface area contributed by atoms with Gasteiger partial charge in [0.15, 0.2) is 0 Å². The topological polar surface area (TPSA) is 29.1 Å². The number of rotatable bonds is 2. The van der Waals surface area contributed by atoms with Gasteiger partial charge < -0.3 is 5.32 Å². The van der Waals surface area contributed by atoms with Gasteiger partial charge in [0, 0.05) is 10.2 Å². The minimum absolute atomic E-state index is 0.100. The highest BCUT2D eigenvalue weighted by Crippen LogP contribution is 2.26. The summed E-state index contributed by atoms with van der Waals surface area (Å²) in [5.41, 5.74) is 0.712. The molecule has 1 amide bonds. The molecular weight excluding hydrogens is 345 g/mol. The summed E-state index contributed by atoms with van der Waals surface area (Å²) in [7, 11) is 0. The third-order valence-electron chi connectivity index (χ3n) is 1.72. The minimum atomic E-state index is -0.584. The predicted molar refractivity (Wildman–Crippen MR) is 70.8 cm³/mol. The number of hydrogen-bond donors (Lipinski definition) is 1. The Bertz CT molecular complexity index is 387. The standard InChI is InChI=1S/C10H10Br2ClNO/c1-10(2,12)9(15)14-6-3-4-8(13)7(11)5-6/h3-5H,1-2H3,(H,14,15). The molecule has 0 atom stereocenters. The molecule has 0 fully saturated rings. The molecule has 1 aromatic carbocycles. The van der Waals surface area contributed by atoms with E-state index in [4.69, 9.17) is 11.6 Å². The van der Waals surface area contributed by atoms with E-state index in [-0.39, 0.29) is 5.91 Å². The molecule has 1 aromatic rings. The molecule has 0 aliphatic carbocycles. The van der Waals surface area contributed by atoms with E-state index in [9.17, 15) is 4.79 Å². The lowest BCUT2D eigenvalue weighted by Crippen LogP contribution is -2.30. The zero-order chi connectivity index (χ0) is 11.6. The zero-order valence-corrected chi connectivity index (χ0v) is 12.2. The van der Waals surface area contributed by atoms with Crippen LogP contribution >= 0.6 is 43.5 Å².